The van der Waals surface area contributed by atoms with Crippen LogP contribution in [0.5, 0.6) is 23.0 Å². The Hall–Kier alpha value is -3.42. The van der Waals surface area contributed by atoms with E-state index in [1.807, 2.05) is 0 Å². The molecule has 0 aromatic heterocycles. The number of ether oxygens (including phenoxy) is 4. The van der Waals surface area contributed by atoms with E-state index in [9.17, 15) is 9.59 Å². The van der Waals surface area contributed by atoms with E-state index in [0.717, 1.165) is 0 Å². The van der Waals surface area contributed by atoms with E-state index < -0.39 is 12.0 Å². The van der Waals surface area contributed by atoms with Crippen LogP contribution in [0.2, 0.25) is 0 Å². The average molecular weight is 372 g/mol. The van der Waals surface area contributed by atoms with Crippen LogP contribution in [-0.4, -0.2) is 39.2 Å². The van der Waals surface area contributed by atoms with Gasteiger partial charge in [0.05, 0.1) is 32.6 Å². The smallest absolute Gasteiger partial charge is 0.265 e. The van der Waals surface area contributed by atoms with Gasteiger partial charge >= 0.3 is 0 Å². The van der Waals surface area contributed by atoms with E-state index in [-0.39, 0.29) is 11.5 Å². The molecule has 1 aliphatic heterocycles. The van der Waals surface area contributed by atoms with E-state index in [1.165, 1.54) is 27.4 Å². The number of hydrogen-bond acceptors (Lipinski definition) is 6. The minimum atomic E-state index is -0.561. The largest absolute Gasteiger partial charge is 0.496 e. The van der Waals surface area contributed by atoms with Gasteiger partial charge in [-0.05, 0) is 25.1 Å². The number of carbonyl (C=O) groups is 2. The summed E-state index contributed by atoms with van der Waals surface area (Å²) in [5.74, 6) is 1.10. The maximum atomic E-state index is 12.7. The van der Waals surface area contributed by atoms with Gasteiger partial charge in [0, 0.05) is 17.8 Å². The number of amides is 2. The van der Waals surface area contributed by atoms with Crippen molar-refractivity contribution in [3.8, 4) is 23.0 Å². The topological polar surface area (TPSA) is 95.1 Å². The average Bonchev–Trinajstić information content (AvgIpc) is 2.67. The van der Waals surface area contributed by atoms with Crippen molar-refractivity contribution in [1.29, 1.82) is 0 Å². The second-order valence-corrected chi connectivity index (χ2v) is 5.82. The summed E-state index contributed by atoms with van der Waals surface area (Å²) in [5, 5.41) is 5.52. The molecule has 2 aromatic carbocycles. The lowest BCUT2D eigenvalue weighted by molar-refractivity contribution is -0.122. The summed E-state index contributed by atoms with van der Waals surface area (Å²) < 4.78 is 21.3. The Kier molecular flexibility index (Phi) is 5.07. The summed E-state index contributed by atoms with van der Waals surface area (Å²) >= 11 is 0. The monoisotopic (exact) mass is 372 g/mol. The summed E-state index contributed by atoms with van der Waals surface area (Å²) in [7, 11) is 4.45. The van der Waals surface area contributed by atoms with Crippen LogP contribution in [0.25, 0.3) is 0 Å². The Bertz CT molecular complexity index is 896. The van der Waals surface area contributed by atoms with Gasteiger partial charge in [-0.3, -0.25) is 9.59 Å². The van der Waals surface area contributed by atoms with Crippen molar-refractivity contribution in [2.75, 3.05) is 32.0 Å². The van der Waals surface area contributed by atoms with Crippen LogP contribution in [0.1, 0.15) is 17.3 Å². The normalized spacial score (nSPS) is 15.1. The van der Waals surface area contributed by atoms with Gasteiger partial charge in [-0.25, -0.2) is 0 Å². The van der Waals surface area contributed by atoms with Crippen molar-refractivity contribution in [1.82, 2.24) is 0 Å². The molecule has 1 atom stereocenters. The van der Waals surface area contributed by atoms with Crippen LogP contribution in [0.15, 0.2) is 30.3 Å². The highest BCUT2D eigenvalue weighted by Gasteiger charge is 2.24. The van der Waals surface area contributed by atoms with Crippen LogP contribution in [0.4, 0.5) is 11.4 Å². The first-order valence-electron chi connectivity index (χ1n) is 8.19. The van der Waals surface area contributed by atoms with Crippen molar-refractivity contribution in [3.05, 3.63) is 35.9 Å². The Morgan fingerprint density at radius 1 is 1.04 bits per heavy atom. The highest BCUT2D eigenvalue weighted by molar-refractivity contribution is 6.07. The van der Waals surface area contributed by atoms with E-state index in [1.54, 1.807) is 31.2 Å². The molecule has 27 heavy (non-hydrogen) atoms. The molecule has 0 unspecified atom stereocenters. The third-order valence-corrected chi connectivity index (χ3v) is 4.12. The van der Waals surface area contributed by atoms with Crippen molar-refractivity contribution in [2.45, 2.75) is 13.0 Å². The molecule has 1 aliphatic rings. The first kappa shape index (κ1) is 18.4. The molecule has 0 saturated heterocycles. The molecule has 2 amide bonds. The van der Waals surface area contributed by atoms with Crippen LogP contribution < -0.4 is 29.6 Å². The SMILES string of the molecule is COc1cc(OC)c(C(=O)Nc2ccc3c(c2)NC(=O)[C@H](C)O3)cc1OC. The molecule has 0 spiro atoms. The van der Waals surface area contributed by atoms with Gasteiger partial charge in [0.25, 0.3) is 11.8 Å². The first-order chi connectivity index (χ1) is 13.0. The van der Waals surface area contributed by atoms with Crippen molar-refractivity contribution in [2.24, 2.45) is 0 Å². The fourth-order valence-corrected chi connectivity index (χ4v) is 2.69. The maximum absolute atomic E-state index is 12.7. The molecule has 0 radical (unpaired) electrons. The molecule has 8 heteroatoms. The fraction of sp³-hybridized carbons (Fsp3) is 0.263. The molecule has 0 fully saturated rings. The zero-order valence-electron chi connectivity index (χ0n) is 15.4. The van der Waals surface area contributed by atoms with Gasteiger partial charge in [0.15, 0.2) is 17.6 Å². The predicted octanol–water partition coefficient (Wildman–Crippen LogP) is 2.68. The minimum Gasteiger partial charge on any atom is -0.496 e. The molecule has 0 bridgehead atoms. The van der Waals surface area contributed by atoms with Crippen molar-refractivity contribution >= 4 is 23.2 Å². The van der Waals surface area contributed by atoms with Crippen LogP contribution >= 0.6 is 0 Å². The Labute approximate surface area is 156 Å². The fourth-order valence-electron chi connectivity index (χ4n) is 2.69. The molecule has 1 heterocycles. The standard InChI is InChI=1S/C19H20N2O6/c1-10-18(22)21-13-7-11(5-6-14(13)27-10)20-19(23)12-8-16(25-3)17(26-4)9-15(12)24-2/h5-10H,1-4H3,(H,20,23)(H,21,22)/t10-/m0/s1. The van der Waals surface area contributed by atoms with Crippen molar-refractivity contribution in [3.63, 3.8) is 0 Å². The summed E-state index contributed by atoms with van der Waals surface area (Å²) in [6.45, 7) is 1.66. The third-order valence-electron chi connectivity index (χ3n) is 4.12. The summed E-state index contributed by atoms with van der Waals surface area (Å²) in [6.07, 6.45) is -0.561. The molecule has 2 aromatic rings. The van der Waals surface area contributed by atoms with Gasteiger partial charge in [0.1, 0.15) is 11.5 Å². The molecule has 8 nitrogen and oxygen atoms in total. The number of carbonyl (C=O) groups excluding carboxylic acids is 2. The van der Waals surface area contributed by atoms with E-state index in [2.05, 4.69) is 10.6 Å². The zero-order chi connectivity index (χ0) is 19.6. The number of fused-ring (bicyclic) bond motifs is 1. The van der Waals surface area contributed by atoms with E-state index >= 15 is 0 Å². The number of hydrogen-bond donors (Lipinski definition) is 2. The number of nitrogens with one attached hydrogen (secondary N) is 2. The number of anilines is 2. The lowest BCUT2D eigenvalue weighted by Gasteiger charge is -2.23. The van der Waals surface area contributed by atoms with Gasteiger partial charge < -0.3 is 29.6 Å². The predicted molar refractivity (Wildman–Crippen MR) is 99.2 cm³/mol. The van der Waals surface area contributed by atoms with E-state index in [4.69, 9.17) is 18.9 Å². The highest BCUT2D eigenvalue weighted by atomic mass is 16.5. The number of methoxy groups -OCH3 is 3. The molecule has 142 valence electrons. The van der Waals surface area contributed by atoms with Crippen LogP contribution in [-0.2, 0) is 4.79 Å². The molecule has 0 aliphatic carbocycles. The zero-order valence-corrected chi connectivity index (χ0v) is 15.4. The second-order valence-electron chi connectivity index (χ2n) is 5.82. The Morgan fingerprint density at radius 2 is 1.70 bits per heavy atom. The molecular weight excluding hydrogens is 352 g/mol. The number of benzene rings is 2. The van der Waals surface area contributed by atoms with Gasteiger partial charge in [-0.2, -0.15) is 0 Å². The Morgan fingerprint density at radius 3 is 2.37 bits per heavy atom. The maximum Gasteiger partial charge on any atom is 0.265 e. The van der Waals surface area contributed by atoms with Gasteiger partial charge in [-0.15, -0.1) is 0 Å². The van der Waals surface area contributed by atoms with Crippen LogP contribution in [0, 0.1) is 0 Å². The third kappa shape index (κ3) is 3.59. The molecule has 3 rings (SSSR count). The minimum absolute atomic E-state index is 0.243. The molecular formula is C19H20N2O6. The number of rotatable bonds is 5. The molecule has 0 saturated carbocycles. The lowest BCUT2D eigenvalue weighted by Crippen LogP contribution is -2.34. The van der Waals surface area contributed by atoms with Gasteiger partial charge in [0.2, 0.25) is 0 Å². The summed E-state index contributed by atoms with van der Waals surface area (Å²) in [4.78, 5) is 24.5. The highest BCUT2D eigenvalue weighted by Crippen LogP contribution is 2.36. The second kappa shape index (κ2) is 7.45. The Balaban J connectivity index is 1.88. The van der Waals surface area contributed by atoms with E-state index in [0.29, 0.717) is 34.4 Å². The van der Waals surface area contributed by atoms with Crippen molar-refractivity contribution < 1.29 is 28.5 Å². The van der Waals surface area contributed by atoms with Gasteiger partial charge in [-0.1, -0.05) is 0 Å². The molecule has 2 N–H and O–H groups in total. The first-order valence-corrected chi connectivity index (χ1v) is 8.19. The summed E-state index contributed by atoms with van der Waals surface area (Å²) in [5.41, 5.74) is 1.27. The quantitative estimate of drug-likeness (QED) is 0.838. The summed E-state index contributed by atoms with van der Waals surface area (Å²) in [6, 6.07) is 8.12. The lowest BCUT2D eigenvalue weighted by atomic mass is 10.1. The van der Waals surface area contributed by atoms with Crippen LogP contribution in [0.3, 0.4) is 0 Å².